The van der Waals surface area contributed by atoms with Gasteiger partial charge in [-0.15, -0.1) is 0 Å². The summed E-state index contributed by atoms with van der Waals surface area (Å²) in [6.07, 6.45) is 0. The molecule has 0 aliphatic carbocycles. The van der Waals surface area contributed by atoms with Crippen LogP contribution in [0, 0.1) is 6.92 Å². The van der Waals surface area contributed by atoms with Gasteiger partial charge >= 0.3 is 5.91 Å². The van der Waals surface area contributed by atoms with Crippen LogP contribution in [0.1, 0.15) is 21.9 Å². The summed E-state index contributed by atoms with van der Waals surface area (Å²) in [6.45, 7) is 2.23. The van der Waals surface area contributed by atoms with Gasteiger partial charge in [-0.1, -0.05) is 6.07 Å². The highest BCUT2D eigenvalue weighted by atomic mass is 79.9. The SMILES string of the molecule is Cc1ccc(OCc2ccc(C(=O)NN)o2)c(Br)c1. The summed E-state index contributed by atoms with van der Waals surface area (Å²) < 4.78 is 11.8. The number of ether oxygens (including phenoxy) is 1. The molecule has 1 amide bonds. The molecule has 0 spiro atoms. The number of hydrogen-bond acceptors (Lipinski definition) is 4. The van der Waals surface area contributed by atoms with Crippen molar-refractivity contribution in [3.05, 3.63) is 51.9 Å². The van der Waals surface area contributed by atoms with Crippen LogP contribution in [0.25, 0.3) is 0 Å². The van der Waals surface area contributed by atoms with Crippen molar-refractivity contribution >= 4 is 21.8 Å². The number of rotatable bonds is 4. The van der Waals surface area contributed by atoms with Crippen molar-refractivity contribution in [2.24, 2.45) is 5.84 Å². The van der Waals surface area contributed by atoms with Gasteiger partial charge in [0.15, 0.2) is 5.76 Å². The van der Waals surface area contributed by atoms with E-state index in [1.807, 2.05) is 30.5 Å². The van der Waals surface area contributed by atoms with Crippen LogP contribution in [-0.2, 0) is 6.61 Å². The summed E-state index contributed by atoms with van der Waals surface area (Å²) in [5.41, 5.74) is 3.14. The molecule has 2 aromatic rings. The zero-order valence-corrected chi connectivity index (χ0v) is 11.9. The zero-order chi connectivity index (χ0) is 13.8. The first kappa shape index (κ1) is 13.6. The number of halogens is 1. The van der Waals surface area contributed by atoms with Crippen LogP contribution in [0.15, 0.2) is 39.2 Å². The van der Waals surface area contributed by atoms with Crippen LogP contribution in [0.3, 0.4) is 0 Å². The number of benzene rings is 1. The number of amides is 1. The van der Waals surface area contributed by atoms with E-state index in [0.29, 0.717) is 11.5 Å². The van der Waals surface area contributed by atoms with Gasteiger partial charge in [-0.2, -0.15) is 0 Å². The summed E-state index contributed by atoms with van der Waals surface area (Å²) in [7, 11) is 0. The fourth-order valence-electron chi connectivity index (χ4n) is 1.52. The maximum absolute atomic E-state index is 11.2. The lowest BCUT2D eigenvalue weighted by atomic mass is 10.2. The molecule has 0 aliphatic rings. The van der Waals surface area contributed by atoms with Gasteiger partial charge in [0.2, 0.25) is 0 Å². The molecule has 1 aromatic carbocycles. The molecule has 0 fully saturated rings. The number of nitrogen functional groups attached to an aromatic ring is 1. The minimum Gasteiger partial charge on any atom is -0.484 e. The molecule has 0 aliphatic heterocycles. The Morgan fingerprint density at radius 2 is 2.21 bits per heavy atom. The zero-order valence-electron chi connectivity index (χ0n) is 10.3. The molecule has 2 rings (SSSR count). The number of aryl methyl sites for hydroxylation is 1. The maximum Gasteiger partial charge on any atom is 0.300 e. The molecule has 0 radical (unpaired) electrons. The Morgan fingerprint density at radius 3 is 2.89 bits per heavy atom. The third kappa shape index (κ3) is 3.36. The van der Waals surface area contributed by atoms with Gasteiger partial charge in [-0.05, 0) is 52.7 Å². The smallest absolute Gasteiger partial charge is 0.300 e. The first-order valence-electron chi connectivity index (χ1n) is 5.59. The van der Waals surface area contributed by atoms with Crippen molar-refractivity contribution in [2.75, 3.05) is 0 Å². The molecule has 6 heteroatoms. The number of nitrogens with two attached hydrogens (primary N) is 1. The van der Waals surface area contributed by atoms with E-state index in [1.165, 1.54) is 0 Å². The monoisotopic (exact) mass is 324 g/mol. The Balaban J connectivity index is 2.02. The third-order valence-electron chi connectivity index (χ3n) is 2.47. The molecular weight excluding hydrogens is 312 g/mol. The van der Waals surface area contributed by atoms with Gasteiger partial charge in [0.05, 0.1) is 4.47 Å². The second-order valence-corrected chi connectivity index (χ2v) is 4.82. The average Bonchev–Trinajstić information content (AvgIpc) is 2.85. The van der Waals surface area contributed by atoms with Crippen LogP contribution in [0.4, 0.5) is 0 Å². The predicted molar refractivity (Wildman–Crippen MR) is 73.6 cm³/mol. The van der Waals surface area contributed by atoms with Gasteiger partial charge in [-0.3, -0.25) is 10.2 Å². The first-order valence-corrected chi connectivity index (χ1v) is 6.38. The molecule has 100 valence electrons. The second-order valence-electron chi connectivity index (χ2n) is 3.96. The van der Waals surface area contributed by atoms with E-state index < -0.39 is 5.91 Å². The lowest BCUT2D eigenvalue weighted by Gasteiger charge is -2.07. The molecule has 0 unspecified atom stereocenters. The van der Waals surface area contributed by atoms with Gasteiger partial charge in [0.25, 0.3) is 0 Å². The van der Waals surface area contributed by atoms with Gasteiger partial charge in [-0.25, -0.2) is 5.84 Å². The van der Waals surface area contributed by atoms with E-state index >= 15 is 0 Å². The molecule has 1 heterocycles. The minimum absolute atomic E-state index is 0.157. The van der Waals surface area contributed by atoms with Crippen molar-refractivity contribution in [3.63, 3.8) is 0 Å². The van der Waals surface area contributed by atoms with Crippen LogP contribution in [0.2, 0.25) is 0 Å². The van der Waals surface area contributed by atoms with Crippen LogP contribution < -0.4 is 16.0 Å². The molecule has 19 heavy (non-hydrogen) atoms. The predicted octanol–water partition coefficient (Wildman–Crippen LogP) is 2.53. The van der Waals surface area contributed by atoms with E-state index in [-0.39, 0.29) is 12.4 Å². The van der Waals surface area contributed by atoms with Crippen molar-refractivity contribution in [1.82, 2.24) is 5.43 Å². The Bertz CT molecular complexity index is 595. The van der Waals surface area contributed by atoms with E-state index in [2.05, 4.69) is 15.9 Å². The Labute approximate surface area is 118 Å². The van der Waals surface area contributed by atoms with Crippen LogP contribution in [0.5, 0.6) is 5.75 Å². The molecule has 0 atom stereocenters. The Morgan fingerprint density at radius 1 is 1.42 bits per heavy atom. The average molecular weight is 325 g/mol. The number of hydrogen-bond donors (Lipinski definition) is 2. The standard InChI is InChI=1S/C13H13BrN2O3/c1-8-2-4-11(10(14)6-8)18-7-9-3-5-12(19-9)13(17)16-15/h2-6H,7,15H2,1H3,(H,16,17). The number of furan rings is 1. The number of nitrogens with one attached hydrogen (secondary N) is 1. The van der Waals surface area contributed by atoms with E-state index in [4.69, 9.17) is 15.0 Å². The van der Waals surface area contributed by atoms with Crippen molar-refractivity contribution < 1.29 is 13.9 Å². The number of carbonyl (C=O) groups excluding carboxylic acids is 1. The van der Waals surface area contributed by atoms with Crippen molar-refractivity contribution in [3.8, 4) is 5.75 Å². The third-order valence-corrected chi connectivity index (χ3v) is 3.09. The highest BCUT2D eigenvalue weighted by Crippen LogP contribution is 2.26. The van der Waals surface area contributed by atoms with Gasteiger partial charge in [0, 0.05) is 0 Å². The summed E-state index contributed by atoms with van der Waals surface area (Å²) >= 11 is 3.42. The fourth-order valence-corrected chi connectivity index (χ4v) is 2.13. The minimum atomic E-state index is -0.470. The van der Waals surface area contributed by atoms with Crippen LogP contribution in [-0.4, -0.2) is 5.91 Å². The highest BCUT2D eigenvalue weighted by Gasteiger charge is 2.10. The molecule has 1 aromatic heterocycles. The van der Waals surface area contributed by atoms with Crippen molar-refractivity contribution in [2.45, 2.75) is 13.5 Å². The topological polar surface area (TPSA) is 77.5 Å². The Hall–Kier alpha value is -1.79. The van der Waals surface area contributed by atoms with E-state index in [0.717, 1.165) is 10.0 Å². The Kier molecular flexibility index (Phi) is 4.24. The molecule has 3 N–H and O–H groups in total. The van der Waals surface area contributed by atoms with Crippen molar-refractivity contribution in [1.29, 1.82) is 0 Å². The lowest BCUT2D eigenvalue weighted by molar-refractivity contribution is 0.0922. The second kappa shape index (κ2) is 5.90. The quantitative estimate of drug-likeness (QED) is 0.514. The molecule has 5 nitrogen and oxygen atoms in total. The molecule has 0 saturated heterocycles. The highest BCUT2D eigenvalue weighted by molar-refractivity contribution is 9.10. The molecule has 0 saturated carbocycles. The normalized spacial score (nSPS) is 10.3. The largest absolute Gasteiger partial charge is 0.484 e. The maximum atomic E-state index is 11.2. The first-order chi connectivity index (χ1) is 9.10. The molecule has 0 bridgehead atoms. The van der Waals surface area contributed by atoms with Gasteiger partial charge < -0.3 is 9.15 Å². The summed E-state index contributed by atoms with van der Waals surface area (Å²) in [5, 5.41) is 0. The fraction of sp³-hybridized carbons (Fsp3) is 0.154. The number of hydrazine groups is 1. The summed E-state index contributed by atoms with van der Waals surface area (Å²) in [4.78, 5) is 11.2. The van der Waals surface area contributed by atoms with Gasteiger partial charge in [0.1, 0.15) is 18.1 Å². The van der Waals surface area contributed by atoms with E-state index in [9.17, 15) is 4.79 Å². The van der Waals surface area contributed by atoms with E-state index in [1.54, 1.807) is 12.1 Å². The van der Waals surface area contributed by atoms with Crippen LogP contribution >= 0.6 is 15.9 Å². The summed E-state index contributed by atoms with van der Waals surface area (Å²) in [6, 6.07) is 9.01. The summed E-state index contributed by atoms with van der Waals surface area (Å²) in [5.74, 6) is 5.96. The lowest BCUT2D eigenvalue weighted by Crippen LogP contribution is -2.29. The molecular formula is C13H13BrN2O3. The number of carbonyl (C=O) groups is 1.